The number of allylic oxidation sites excluding steroid dienone is 1. The van der Waals surface area contributed by atoms with Crippen LogP contribution < -0.4 is 5.32 Å². The van der Waals surface area contributed by atoms with Gasteiger partial charge in [0.15, 0.2) is 0 Å². The fraction of sp³-hybridized carbons (Fsp3) is 0.444. The van der Waals surface area contributed by atoms with Crippen molar-refractivity contribution in [1.82, 2.24) is 5.32 Å². The molecule has 26 heavy (non-hydrogen) atoms. The van der Waals surface area contributed by atoms with Gasteiger partial charge in [-0.25, -0.2) is 4.79 Å². The Labute approximate surface area is 154 Å². The Morgan fingerprint density at radius 3 is 2.69 bits per heavy atom. The van der Waals surface area contributed by atoms with Gasteiger partial charge in [-0.1, -0.05) is 25.1 Å². The smallest absolute Gasteiger partial charge is 0.416 e. The van der Waals surface area contributed by atoms with Gasteiger partial charge in [0, 0.05) is 23.8 Å². The molecule has 0 aliphatic carbocycles. The Morgan fingerprint density at radius 1 is 1.35 bits per heavy atom. The van der Waals surface area contributed by atoms with Gasteiger partial charge in [0.1, 0.15) is 6.61 Å². The van der Waals surface area contributed by atoms with Crippen LogP contribution in [0.5, 0.6) is 0 Å². The van der Waals surface area contributed by atoms with Gasteiger partial charge in [-0.15, -0.1) is 0 Å². The molecule has 0 saturated carbocycles. The molecule has 0 spiro atoms. The molecule has 1 aromatic rings. The van der Waals surface area contributed by atoms with Gasteiger partial charge in [0.05, 0.1) is 11.1 Å². The first-order valence-electron chi connectivity index (χ1n) is 8.17. The number of rotatable bonds is 6. The number of esters is 1. The normalized spacial score (nSPS) is 17.9. The van der Waals surface area contributed by atoms with Crippen LogP contribution in [-0.2, 0) is 20.5 Å². The number of benzene rings is 1. The fourth-order valence-corrected chi connectivity index (χ4v) is 3.40. The summed E-state index contributed by atoms with van der Waals surface area (Å²) in [5.74, 6) is -0.640. The quantitative estimate of drug-likeness (QED) is 0.595. The zero-order valence-corrected chi connectivity index (χ0v) is 15.3. The van der Waals surface area contributed by atoms with Crippen molar-refractivity contribution in [1.29, 1.82) is 0 Å². The second-order valence-electron chi connectivity index (χ2n) is 5.76. The summed E-state index contributed by atoms with van der Waals surface area (Å²) in [4.78, 5) is 24.4. The number of hydrogen-bond donors (Lipinski definition) is 1. The number of carbonyl (C=O) groups is 2. The van der Waals surface area contributed by atoms with Crippen LogP contribution in [0.1, 0.15) is 37.3 Å². The standard InChI is InChI=1S/C18H20F3NO3S/c1-3-26-9-8-25-17(24)16-11(2)22-15(23)10-13(16)12-6-4-5-7-14(12)18(19,20)21/h4-7,13H,3,8-10H2,1-2H3,(H,22,23)/t13-/m0/s1. The molecule has 1 aliphatic rings. The van der Waals surface area contributed by atoms with Crippen molar-refractivity contribution in [2.45, 2.75) is 32.4 Å². The predicted octanol–water partition coefficient (Wildman–Crippen LogP) is 3.88. The van der Waals surface area contributed by atoms with E-state index in [0.717, 1.165) is 11.8 Å². The molecule has 4 nitrogen and oxygen atoms in total. The lowest BCUT2D eigenvalue weighted by molar-refractivity contribution is -0.141. The highest BCUT2D eigenvalue weighted by Crippen LogP contribution is 2.41. The molecule has 1 aromatic carbocycles. The predicted molar refractivity (Wildman–Crippen MR) is 93.6 cm³/mol. The van der Waals surface area contributed by atoms with E-state index in [9.17, 15) is 22.8 Å². The highest BCUT2D eigenvalue weighted by molar-refractivity contribution is 7.99. The summed E-state index contributed by atoms with van der Waals surface area (Å²) in [5.41, 5.74) is -0.636. The first kappa shape index (κ1) is 20.4. The maximum Gasteiger partial charge on any atom is 0.416 e. The molecule has 0 saturated heterocycles. The van der Waals surface area contributed by atoms with Gasteiger partial charge in [-0.2, -0.15) is 24.9 Å². The van der Waals surface area contributed by atoms with E-state index in [1.54, 1.807) is 11.8 Å². The summed E-state index contributed by atoms with van der Waals surface area (Å²) in [6.45, 7) is 3.63. The fourth-order valence-electron chi connectivity index (χ4n) is 2.91. The van der Waals surface area contributed by atoms with Crippen molar-refractivity contribution in [3.63, 3.8) is 0 Å². The molecule has 1 aliphatic heterocycles. The summed E-state index contributed by atoms with van der Waals surface area (Å²) in [7, 11) is 0. The summed E-state index contributed by atoms with van der Waals surface area (Å²) < 4.78 is 45.3. The zero-order valence-electron chi connectivity index (χ0n) is 14.5. The zero-order chi connectivity index (χ0) is 19.3. The number of thioether (sulfide) groups is 1. The molecule has 0 radical (unpaired) electrons. The van der Waals surface area contributed by atoms with Crippen LogP contribution in [0.25, 0.3) is 0 Å². The number of amides is 1. The highest BCUT2D eigenvalue weighted by atomic mass is 32.2. The summed E-state index contributed by atoms with van der Waals surface area (Å²) >= 11 is 1.59. The van der Waals surface area contributed by atoms with E-state index in [1.165, 1.54) is 25.1 Å². The average molecular weight is 387 g/mol. The SMILES string of the molecule is CCSCCOC(=O)C1=C(C)NC(=O)C[C@H]1c1ccccc1C(F)(F)F. The van der Waals surface area contributed by atoms with Gasteiger partial charge in [0.25, 0.3) is 0 Å². The average Bonchev–Trinajstić information content (AvgIpc) is 2.57. The minimum Gasteiger partial charge on any atom is -0.461 e. The van der Waals surface area contributed by atoms with Crippen LogP contribution in [0.15, 0.2) is 35.5 Å². The third-order valence-electron chi connectivity index (χ3n) is 4.00. The Hall–Kier alpha value is -1.96. The van der Waals surface area contributed by atoms with Crippen LogP contribution in [-0.4, -0.2) is 30.0 Å². The van der Waals surface area contributed by atoms with Gasteiger partial charge in [0.2, 0.25) is 5.91 Å². The van der Waals surface area contributed by atoms with E-state index in [1.807, 2.05) is 6.92 Å². The minimum atomic E-state index is -4.58. The lowest BCUT2D eigenvalue weighted by Crippen LogP contribution is -2.35. The van der Waals surface area contributed by atoms with E-state index >= 15 is 0 Å². The number of ether oxygens (including phenoxy) is 1. The molecule has 1 amide bonds. The minimum absolute atomic E-state index is 0.0720. The Bertz CT molecular complexity index is 716. The van der Waals surface area contributed by atoms with Crippen molar-refractivity contribution in [3.8, 4) is 0 Å². The molecular formula is C18H20F3NO3S. The molecule has 1 atom stereocenters. The van der Waals surface area contributed by atoms with E-state index in [-0.39, 0.29) is 29.9 Å². The lowest BCUT2D eigenvalue weighted by atomic mass is 9.82. The van der Waals surface area contributed by atoms with E-state index in [0.29, 0.717) is 5.75 Å². The van der Waals surface area contributed by atoms with Crippen molar-refractivity contribution < 1.29 is 27.5 Å². The molecule has 0 fully saturated rings. The highest BCUT2D eigenvalue weighted by Gasteiger charge is 2.39. The molecule has 1 heterocycles. The van der Waals surface area contributed by atoms with Crippen LogP contribution >= 0.6 is 11.8 Å². The topological polar surface area (TPSA) is 55.4 Å². The van der Waals surface area contributed by atoms with Crippen molar-refractivity contribution in [2.75, 3.05) is 18.1 Å². The van der Waals surface area contributed by atoms with Crippen molar-refractivity contribution in [3.05, 3.63) is 46.7 Å². The monoisotopic (exact) mass is 387 g/mol. The maximum absolute atomic E-state index is 13.4. The van der Waals surface area contributed by atoms with Crippen molar-refractivity contribution >= 4 is 23.6 Å². The van der Waals surface area contributed by atoms with Crippen molar-refractivity contribution in [2.24, 2.45) is 0 Å². The van der Waals surface area contributed by atoms with Crippen LogP contribution in [0, 0.1) is 0 Å². The second kappa shape index (κ2) is 8.62. The molecule has 0 unspecified atom stereocenters. The maximum atomic E-state index is 13.4. The molecule has 1 N–H and O–H groups in total. The van der Waals surface area contributed by atoms with Crippen LogP contribution in [0.3, 0.4) is 0 Å². The van der Waals surface area contributed by atoms with E-state index < -0.39 is 29.5 Å². The van der Waals surface area contributed by atoms with Gasteiger partial charge in [-0.05, 0) is 24.3 Å². The van der Waals surface area contributed by atoms with Gasteiger partial charge in [-0.3, -0.25) is 4.79 Å². The second-order valence-corrected chi connectivity index (χ2v) is 7.16. The summed E-state index contributed by atoms with van der Waals surface area (Å²) in [6, 6.07) is 5.01. The first-order valence-corrected chi connectivity index (χ1v) is 9.32. The summed E-state index contributed by atoms with van der Waals surface area (Å²) in [6.07, 6.45) is -4.82. The Morgan fingerprint density at radius 2 is 2.04 bits per heavy atom. The Balaban J connectivity index is 2.38. The third-order valence-corrected chi connectivity index (χ3v) is 4.86. The molecule has 0 aromatic heterocycles. The lowest BCUT2D eigenvalue weighted by Gasteiger charge is -2.28. The third kappa shape index (κ3) is 4.81. The molecule has 8 heteroatoms. The number of nitrogens with one attached hydrogen (secondary N) is 1. The van der Waals surface area contributed by atoms with Crippen LogP contribution in [0.2, 0.25) is 0 Å². The molecule has 142 valence electrons. The number of hydrogen-bond acceptors (Lipinski definition) is 4. The van der Waals surface area contributed by atoms with Gasteiger partial charge < -0.3 is 10.1 Å². The molecular weight excluding hydrogens is 367 g/mol. The summed E-state index contributed by atoms with van der Waals surface area (Å²) in [5, 5.41) is 2.52. The number of alkyl halides is 3. The van der Waals surface area contributed by atoms with E-state index in [2.05, 4.69) is 5.32 Å². The largest absolute Gasteiger partial charge is 0.461 e. The van der Waals surface area contributed by atoms with Gasteiger partial charge >= 0.3 is 12.1 Å². The van der Waals surface area contributed by atoms with E-state index in [4.69, 9.17) is 4.74 Å². The van der Waals surface area contributed by atoms with Crippen LogP contribution in [0.4, 0.5) is 13.2 Å². The number of halogens is 3. The molecule has 2 rings (SSSR count). The number of carbonyl (C=O) groups excluding carboxylic acids is 2. The Kier molecular flexibility index (Phi) is 6.75. The molecule has 0 bridgehead atoms. The first-order chi connectivity index (χ1) is 12.3.